The Morgan fingerprint density at radius 3 is 2.37 bits per heavy atom. The molecule has 30 heavy (non-hydrogen) atoms. The molecule has 1 aromatic carbocycles. The minimum Gasteiger partial charge on any atom is -0.374 e. The maximum absolute atomic E-state index is 13.2. The smallest absolute Gasteiger partial charge is 0.374 e. The highest BCUT2D eigenvalue weighted by Crippen LogP contribution is 2.33. The molecule has 12 heteroatoms. The molecule has 1 amide bonds. The standard InChI is InChI=1S/C18H15F4N3O4S/c1-2-30(28,29)10-17(27,11-3-5-12(19)6-4-11)16(26)25-13-7-14(18(20,21)22)15(8-23)24-9-13/h3-7,9,27H,2,10H2,1H3,(H,25,26). The molecule has 1 heterocycles. The molecule has 0 spiro atoms. The number of nitriles is 1. The third-order valence-electron chi connectivity index (χ3n) is 4.12. The number of carbonyl (C=O) groups excluding carboxylic acids is 1. The van der Waals surface area contributed by atoms with Crippen molar-refractivity contribution in [2.75, 3.05) is 16.8 Å². The van der Waals surface area contributed by atoms with E-state index in [4.69, 9.17) is 5.26 Å². The number of carbonyl (C=O) groups is 1. The van der Waals surface area contributed by atoms with Crippen molar-refractivity contribution in [3.05, 3.63) is 59.2 Å². The summed E-state index contributed by atoms with van der Waals surface area (Å²) >= 11 is 0. The Hall–Kier alpha value is -3.04. The normalized spacial score (nSPS) is 13.9. The molecular weight excluding hydrogens is 430 g/mol. The Balaban J connectivity index is 2.50. The number of pyridine rings is 1. The molecule has 2 aromatic rings. The van der Waals surface area contributed by atoms with Gasteiger partial charge in [0.25, 0.3) is 5.91 Å². The van der Waals surface area contributed by atoms with Gasteiger partial charge < -0.3 is 10.4 Å². The van der Waals surface area contributed by atoms with Gasteiger partial charge in [-0.05, 0) is 23.8 Å². The summed E-state index contributed by atoms with van der Waals surface area (Å²) in [5.41, 5.74) is -5.89. The Bertz CT molecular complexity index is 1100. The molecule has 2 rings (SSSR count). The SMILES string of the molecule is CCS(=O)(=O)CC(O)(C(=O)Nc1cnc(C#N)c(C(F)(F)F)c1)c1ccc(F)cc1. The van der Waals surface area contributed by atoms with Crippen molar-refractivity contribution >= 4 is 21.4 Å². The largest absolute Gasteiger partial charge is 0.419 e. The van der Waals surface area contributed by atoms with E-state index in [1.165, 1.54) is 13.0 Å². The molecule has 0 saturated carbocycles. The van der Waals surface area contributed by atoms with Crippen LogP contribution < -0.4 is 5.32 Å². The summed E-state index contributed by atoms with van der Waals surface area (Å²) in [4.78, 5) is 16.1. The minimum atomic E-state index is -4.95. The van der Waals surface area contributed by atoms with Gasteiger partial charge in [-0.3, -0.25) is 4.79 Å². The maximum Gasteiger partial charge on any atom is 0.419 e. The molecule has 0 fully saturated rings. The second-order valence-electron chi connectivity index (χ2n) is 6.23. The number of hydrogen-bond donors (Lipinski definition) is 2. The molecule has 160 valence electrons. The van der Waals surface area contributed by atoms with Crippen LogP contribution in [-0.4, -0.2) is 35.9 Å². The number of sulfone groups is 1. The average Bonchev–Trinajstić information content (AvgIpc) is 2.67. The lowest BCUT2D eigenvalue weighted by Gasteiger charge is -2.27. The number of nitrogens with zero attached hydrogens (tertiary/aromatic N) is 2. The number of aliphatic hydroxyl groups is 1. The first kappa shape index (κ1) is 23.2. The lowest BCUT2D eigenvalue weighted by Crippen LogP contribution is -2.46. The number of benzene rings is 1. The average molecular weight is 445 g/mol. The third-order valence-corrected chi connectivity index (χ3v) is 5.86. The molecule has 7 nitrogen and oxygen atoms in total. The zero-order valence-corrected chi connectivity index (χ0v) is 16.2. The van der Waals surface area contributed by atoms with Gasteiger partial charge in [0.2, 0.25) is 0 Å². The number of amides is 1. The predicted octanol–water partition coefficient (Wildman–Crippen LogP) is 2.37. The second kappa shape index (κ2) is 8.37. The number of anilines is 1. The van der Waals surface area contributed by atoms with Gasteiger partial charge in [-0.2, -0.15) is 18.4 Å². The van der Waals surface area contributed by atoms with E-state index in [9.17, 15) is 35.9 Å². The van der Waals surface area contributed by atoms with Gasteiger partial charge in [-0.15, -0.1) is 0 Å². The van der Waals surface area contributed by atoms with E-state index in [0.29, 0.717) is 6.07 Å². The molecular formula is C18H15F4N3O4S. The Kier molecular flexibility index (Phi) is 6.48. The third kappa shape index (κ3) is 5.11. The first-order valence-electron chi connectivity index (χ1n) is 8.30. The quantitative estimate of drug-likeness (QED) is 0.659. The number of alkyl halides is 3. The van der Waals surface area contributed by atoms with Gasteiger partial charge in [0.05, 0.1) is 23.2 Å². The number of hydrogen-bond acceptors (Lipinski definition) is 6. The van der Waals surface area contributed by atoms with Crippen LogP contribution in [0.15, 0.2) is 36.5 Å². The van der Waals surface area contributed by atoms with Crippen LogP contribution in [0.2, 0.25) is 0 Å². The fourth-order valence-corrected chi connectivity index (χ4v) is 3.64. The predicted molar refractivity (Wildman–Crippen MR) is 97.2 cm³/mol. The fourth-order valence-electron chi connectivity index (χ4n) is 2.50. The van der Waals surface area contributed by atoms with Crippen LogP contribution in [0, 0.1) is 17.1 Å². The monoisotopic (exact) mass is 445 g/mol. The molecule has 0 aliphatic heterocycles. The molecule has 0 aliphatic carbocycles. The molecule has 1 aromatic heterocycles. The van der Waals surface area contributed by atoms with Crippen LogP contribution >= 0.6 is 0 Å². The van der Waals surface area contributed by atoms with Gasteiger partial charge in [-0.1, -0.05) is 19.1 Å². The topological polar surface area (TPSA) is 120 Å². The van der Waals surface area contributed by atoms with E-state index < -0.39 is 61.8 Å². The number of rotatable bonds is 6. The fraction of sp³-hybridized carbons (Fsp3) is 0.278. The molecule has 1 atom stereocenters. The lowest BCUT2D eigenvalue weighted by molar-refractivity contribution is -0.138. The highest BCUT2D eigenvalue weighted by Gasteiger charge is 2.42. The summed E-state index contributed by atoms with van der Waals surface area (Å²) in [7, 11) is -3.96. The van der Waals surface area contributed by atoms with Crippen LogP contribution in [0.5, 0.6) is 0 Å². The van der Waals surface area contributed by atoms with Crippen LogP contribution in [-0.2, 0) is 26.4 Å². The van der Waals surface area contributed by atoms with Crippen molar-refractivity contribution in [2.24, 2.45) is 0 Å². The van der Waals surface area contributed by atoms with Gasteiger partial charge in [0.15, 0.2) is 21.1 Å². The van der Waals surface area contributed by atoms with Gasteiger partial charge in [0, 0.05) is 5.75 Å². The van der Waals surface area contributed by atoms with Gasteiger partial charge in [-0.25, -0.2) is 17.8 Å². The van der Waals surface area contributed by atoms with E-state index in [0.717, 1.165) is 30.5 Å². The molecule has 0 bridgehead atoms. The van der Waals surface area contributed by atoms with Crippen molar-refractivity contribution in [1.82, 2.24) is 4.98 Å². The van der Waals surface area contributed by atoms with Crippen LogP contribution in [0.1, 0.15) is 23.7 Å². The summed E-state index contributed by atoms with van der Waals surface area (Å²) in [5.74, 6) is -3.61. The minimum absolute atomic E-state index is 0.281. The Labute approximate surface area is 168 Å². The van der Waals surface area contributed by atoms with Crippen molar-refractivity contribution in [1.29, 1.82) is 5.26 Å². The van der Waals surface area contributed by atoms with E-state index >= 15 is 0 Å². The summed E-state index contributed by atoms with van der Waals surface area (Å²) in [5, 5.41) is 21.7. The van der Waals surface area contributed by atoms with Crippen LogP contribution in [0.25, 0.3) is 0 Å². The highest BCUT2D eigenvalue weighted by molar-refractivity contribution is 7.91. The number of halogens is 4. The zero-order chi connectivity index (χ0) is 22.7. The van der Waals surface area contributed by atoms with Crippen molar-refractivity contribution in [3.8, 4) is 6.07 Å². The summed E-state index contributed by atoms with van der Waals surface area (Å²) in [6, 6.07) is 5.45. The van der Waals surface area contributed by atoms with Crippen LogP contribution in [0.4, 0.5) is 23.2 Å². The summed E-state index contributed by atoms with van der Waals surface area (Å²) in [6.07, 6.45) is -4.19. The second-order valence-corrected chi connectivity index (χ2v) is 8.58. The summed E-state index contributed by atoms with van der Waals surface area (Å²) in [6.45, 7) is 1.28. The summed E-state index contributed by atoms with van der Waals surface area (Å²) < 4.78 is 76.6. The van der Waals surface area contributed by atoms with Crippen molar-refractivity contribution < 1.29 is 35.9 Å². The molecule has 0 radical (unpaired) electrons. The van der Waals surface area contributed by atoms with Gasteiger partial charge >= 0.3 is 6.18 Å². The van der Waals surface area contributed by atoms with Crippen LogP contribution in [0.3, 0.4) is 0 Å². The maximum atomic E-state index is 13.2. The first-order valence-corrected chi connectivity index (χ1v) is 10.1. The molecule has 1 unspecified atom stereocenters. The Morgan fingerprint density at radius 1 is 1.27 bits per heavy atom. The number of nitrogens with one attached hydrogen (secondary N) is 1. The van der Waals surface area contributed by atoms with Crippen molar-refractivity contribution in [2.45, 2.75) is 18.7 Å². The number of aromatic nitrogens is 1. The van der Waals surface area contributed by atoms with Gasteiger partial charge in [0.1, 0.15) is 11.9 Å². The molecule has 2 N–H and O–H groups in total. The lowest BCUT2D eigenvalue weighted by atomic mass is 9.94. The van der Waals surface area contributed by atoms with E-state index in [1.54, 1.807) is 0 Å². The zero-order valence-electron chi connectivity index (χ0n) is 15.4. The van der Waals surface area contributed by atoms with E-state index in [1.807, 2.05) is 5.32 Å². The Morgan fingerprint density at radius 2 is 1.87 bits per heavy atom. The first-order chi connectivity index (χ1) is 13.8. The molecule has 0 saturated heterocycles. The van der Waals surface area contributed by atoms with E-state index in [2.05, 4.69) is 4.98 Å². The molecule has 0 aliphatic rings. The van der Waals surface area contributed by atoms with Crippen molar-refractivity contribution in [3.63, 3.8) is 0 Å². The highest BCUT2D eigenvalue weighted by atomic mass is 32.2. The van der Waals surface area contributed by atoms with E-state index in [-0.39, 0.29) is 5.56 Å².